The van der Waals surface area contributed by atoms with Crippen molar-refractivity contribution in [3.8, 4) is 0 Å². The van der Waals surface area contributed by atoms with Gasteiger partial charge in [-0.1, -0.05) is 24.3 Å². The summed E-state index contributed by atoms with van der Waals surface area (Å²) in [6.45, 7) is 0.662. The molecule has 4 nitrogen and oxygen atoms in total. The minimum absolute atomic E-state index is 0.116. The molecular weight excluding hydrogens is 204 g/mol. The summed E-state index contributed by atoms with van der Waals surface area (Å²) in [6, 6.07) is 7.92. The minimum Gasteiger partial charge on any atom is -0.329 e. The smallest absolute Gasteiger partial charge is 0.324 e. The number of nitrogens with zero attached hydrogens (tertiary/aromatic N) is 1. The van der Waals surface area contributed by atoms with E-state index < -0.39 is 0 Å². The van der Waals surface area contributed by atoms with Gasteiger partial charge in [-0.2, -0.15) is 0 Å². The first-order chi connectivity index (χ1) is 7.75. The zero-order valence-electron chi connectivity index (χ0n) is 8.77. The van der Waals surface area contributed by atoms with E-state index >= 15 is 0 Å². The molecule has 0 saturated carbocycles. The monoisotopic (exact) mass is 216 g/mol. The molecular formula is C12H12N2O2. The lowest BCUT2D eigenvalue weighted by atomic mass is 9.77. The first-order valence-corrected chi connectivity index (χ1v) is 5.41. The van der Waals surface area contributed by atoms with E-state index in [4.69, 9.17) is 0 Å². The number of urea groups is 1. The van der Waals surface area contributed by atoms with Crippen LogP contribution in [-0.4, -0.2) is 29.9 Å². The molecule has 1 aliphatic heterocycles. The number of benzene rings is 1. The SMILES string of the molecule is O=C1CNC(=O)N1CC1Cc2ccccc21. The van der Waals surface area contributed by atoms with E-state index in [9.17, 15) is 9.59 Å². The Hall–Kier alpha value is -1.84. The highest BCUT2D eigenvalue weighted by Crippen LogP contribution is 2.35. The highest BCUT2D eigenvalue weighted by Gasteiger charge is 2.34. The molecule has 0 bridgehead atoms. The van der Waals surface area contributed by atoms with E-state index in [0.29, 0.717) is 12.5 Å². The van der Waals surface area contributed by atoms with Crippen molar-refractivity contribution in [3.63, 3.8) is 0 Å². The maximum absolute atomic E-state index is 11.4. The van der Waals surface area contributed by atoms with Gasteiger partial charge >= 0.3 is 6.03 Å². The third-order valence-electron chi connectivity index (χ3n) is 3.30. The van der Waals surface area contributed by atoms with E-state index in [2.05, 4.69) is 17.4 Å². The molecule has 1 atom stereocenters. The van der Waals surface area contributed by atoms with Gasteiger partial charge in [0.15, 0.2) is 0 Å². The molecule has 3 rings (SSSR count). The van der Waals surface area contributed by atoms with Gasteiger partial charge in [0.25, 0.3) is 0 Å². The van der Waals surface area contributed by atoms with Gasteiger partial charge in [0.05, 0.1) is 6.54 Å². The molecule has 1 unspecified atom stereocenters. The highest BCUT2D eigenvalue weighted by molar-refractivity contribution is 6.02. The second kappa shape index (κ2) is 3.33. The Morgan fingerprint density at radius 3 is 2.81 bits per heavy atom. The molecule has 1 fully saturated rings. The number of hydrogen-bond acceptors (Lipinski definition) is 2. The Kier molecular flexibility index (Phi) is 1.96. The second-order valence-electron chi connectivity index (χ2n) is 4.26. The number of nitrogens with one attached hydrogen (secondary N) is 1. The zero-order chi connectivity index (χ0) is 11.1. The van der Waals surface area contributed by atoms with Crippen LogP contribution < -0.4 is 5.32 Å². The number of amides is 3. The van der Waals surface area contributed by atoms with Crippen molar-refractivity contribution in [2.75, 3.05) is 13.1 Å². The number of fused-ring (bicyclic) bond motifs is 1. The lowest BCUT2D eigenvalue weighted by Gasteiger charge is -2.32. The van der Waals surface area contributed by atoms with Crippen molar-refractivity contribution >= 4 is 11.9 Å². The summed E-state index contributed by atoms with van der Waals surface area (Å²) >= 11 is 0. The van der Waals surface area contributed by atoms with E-state index in [1.54, 1.807) is 0 Å². The summed E-state index contributed by atoms with van der Waals surface area (Å²) in [4.78, 5) is 24.1. The molecule has 0 radical (unpaired) electrons. The topological polar surface area (TPSA) is 49.4 Å². The van der Waals surface area contributed by atoms with Crippen LogP contribution in [0.1, 0.15) is 17.0 Å². The van der Waals surface area contributed by atoms with Crippen molar-refractivity contribution in [1.29, 1.82) is 0 Å². The molecule has 1 heterocycles. The summed E-state index contributed by atoms with van der Waals surface area (Å²) in [5.41, 5.74) is 2.61. The Balaban J connectivity index is 1.74. The molecule has 1 aliphatic carbocycles. The summed E-state index contributed by atoms with van der Waals surface area (Å²) in [5.74, 6) is 0.207. The van der Waals surface area contributed by atoms with Crippen LogP contribution >= 0.6 is 0 Å². The van der Waals surface area contributed by atoms with Crippen molar-refractivity contribution in [2.45, 2.75) is 12.3 Å². The maximum Gasteiger partial charge on any atom is 0.324 e. The van der Waals surface area contributed by atoms with Gasteiger partial charge < -0.3 is 5.32 Å². The van der Waals surface area contributed by atoms with Crippen molar-refractivity contribution < 1.29 is 9.59 Å². The van der Waals surface area contributed by atoms with Crippen LogP contribution in [0.4, 0.5) is 4.79 Å². The van der Waals surface area contributed by atoms with E-state index in [0.717, 1.165) is 6.42 Å². The molecule has 0 aromatic heterocycles. The van der Waals surface area contributed by atoms with Crippen LogP contribution in [-0.2, 0) is 11.2 Å². The molecule has 1 aromatic rings. The Bertz CT molecular complexity index is 454. The zero-order valence-corrected chi connectivity index (χ0v) is 8.77. The van der Waals surface area contributed by atoms with Gasteiger partial charge in [0, 0.05) is 12.5 Å². The van der Waals surface area contributed by atoms with Crippen molar-refractivity contribution in [3.05, 3.63) is 35.4 Å². The van der Waals surface area contributed by atoms with Gasteiger partial charge in [0.1, 0.15) is 0 Å². The predicted octanol–water partition coefficient (Wildman–Crippen LogP) is 0.878. The Morgan fingerprint density at radius 2 is 2.12 bits per heavy atom. The molecule has 1 aromatic carbocycles. The second-order valence-corrected chi connectivity index (χ2v) is 4.26. The Labute approximate surface area is 93.2 Å². The molecule has 16 heavy (non-hydrogen) atoms. The number of imide groups is 1. The largest absolute Gasteiger partial charge is 0.329 e. The van der Waals surface area contributed by atoms with Gasteiger partial charge in [-0.05, 0) is 17.5 Å². The van der Waals surface area contributed by atoms with Crippen molar-refractivity contribution in [2.24, 2.45) is 0 Å². The van der Waals surface area contributed by atoms with Crippen molar-refractivity contribution in [1.82, 2.24) is 10.2 Å². The standard InChI is InChI=1S/C12H12N2O2/c15-11-6-13-12(16)14(11)7-9-5-8-3-1-2-4-10(8)9/h1-4,9H,5-7H2,(H,13,16). The maximum atomic E-state index is 11.4. The fraction of sp³-hybridized carbons (Fsp3) is 0.333. The number of hydrogen-bond donors (Lipinski definition) is 1. The predicted molar refractivity (Wildman–Crippen MR) is 58.0 cm³/mol. The lowest BCUT2D eigenvalue weighted by molar-refractivity contribution is -0.125. The van der Waals surface area contributed by atoms with Crippen LogP contribution in [0.25, 0.3) is 0 Å². The van der Waals surface area contributed by atoms with Crippen LogP contribution in [0.15, 0.2) is 24.3 Å². The van der Waals surface area contributed by atoms with Crippen LogP contribution in [0.3, 0.4) is 0 Å². The molecule has 1 saturated heterocycles. The number of rotatable bonds is 2. The highest BCUT2D eigenvalue weighted by atomic mass is 16.2. The number of carbonyl (C=O) groups is 2. The first kappa shape index (κ1) is 9.39. The van der Waals surface area contributed by atoms with Crippen LogP contribution in [0.5, 0.6) is 0 Å². The Morgan fingerprint density at radius 1 is 1.31 bits per heavy atom. The fourth-order valence-corrected chi connectivity index (χ4v) is 2.39. The number of carbonyl (C=O) groups excluding carboxylic acids is 2. The summed E-state index contributed by atoms with van der Waals surface area (Å²) in [7, 11) is 0. The molecule has 4 heteroatoms. The molecule has 3 amide bonds. The molecule has 0 spiro atoms. The third-order valence-corrected chi connectivity index (χ3v) is 3.30. The fourth-order valence-electron chi connectivity index (χ4n) is 2.39. The average Bonchev–Trinajstić information content (AvgIpc) is 2.56. The van der Waals surface area contributed by atoms with Crippen LogP contribution in [0.2, 0.25) is 0 Å². The quantitative estimate of drug-likeness (QED) is 0.746. The molecule has 82 valence electrons. The van der Waals surface area contributed by atoms with Gasteiger partial charge in [-0.3, -0.25) is 9.69 Å². The minimum atomic E-state index is -0.255. The first-order valence-electron chi connectivity index (χ1n) is 5.41. The summed E-state index contributed by atoms with van der Waals surface area (Å²) in [5, 5.41) is 2.53. The van der Waals surface area contributed by atoms with Gasteiger partial charge in [0.2, 0.25) is 5.91 Å². The van der Waals surface area contributed by atoms with Gasteiger partial charge in [-0.25, -0.2) is 4.79 Å². The summed E-state index contributed by atoms with van der Waals surface area (Å²) in [6.07, 6.45) is 0.966. The van der Waals surface area contributed by atoms with E-state index in [1.807, 2.05) is 12.1 Å². The third kappa shape index (κ3) is 1.30. The average molecular weight is 216 g/mol. The lowest BCUT2D eigenvalue weighted by Crippen LogP contribution is -2.37. The summed E-state index contributed by atoms with van der Waals surface area (Å²) < 4.78 is 0. The molecule has 1 N–H and O–H groups in total. The normalized spacial score (nSPS) is 22.8. The van der Waals surface area contributed by atoms with Crippen LogP contribution in [0, 0.1) is 0 Å². The van der Waals surface area contributed by atoms with E-state index in [1.165, 1.54) is 16.0 Å². The van der Waals surface area contributed by atoms with Gasteiger partial charge in [-0.15, -0.1) is 0 Å². The van der Waals surface area contributed by atoms with E-state index in [-0.39, 0.29) is 18.5 Å². The molecule has 2 aliphatic rings.